The Kier molecular flexibility index (Phi) is 5.56. The third-order valence-electron chi connectivity index (χ3n) is 2.36. The molecule has 1 N–H and O–H groups in total. The maximum absolute atomic E-state index is 4.72. The Morgan fingerprint density at radius 3 is 2.28 bits per heavy atom. The number of hydrogen-bond donors (Lipinski definition) is 1. The largest absolute Gasteiger partial charge is 0.396 e. The van der Waals surface area contributed by atoms with Crippen LogP contribution in [0.25, 0.3) is 0 Å². The fraction of sp³-hybridized carbons (Fsp3) is 0.500. The van der Waals surface area contributed by atoms with Crippen LogP contribution >= 0.6 is 0 Å². The lowest BCUT2D eigenvalue weighted by Gasteiger charge is -2.21. The molecule has 0 unspecified atom stereocenters. The second kappa shape index (κ2) is 6.71. The van der Waals surface area contributed by atoms with Crippen molar-refractivity contribution in [1.82, 2.24) is 9.88 Å². The predicted molar refractivity (Wildman–Crippen MR) is 82.9 cm³/mol. The first-order chi connectivity index (χ1) is 8.38. The van der Waals surface area contributed by atoms with Gasteiger partial charge in [-0.05, 0) is 14.1 Å². The van der Waals surface area contributed by atoms with E-state index < -0.39 is 8.24 Å². The summed E-state index contributed by atoms with van der Waals surface area (Å²) in [4.78, 5) is 10.5. The van der Waals surface area contributed by atoms with Gasteiger partial charge in [0.1, 0.15) is 14.1 Å². The molecule has 4 heteroatoms. The summed E-state index contributed by atoms with van der Waals surface area (Å²) in [5, 5.41) is 0. The van der Waals surface area contributed by atoms with Gasteiger partial charge in [-0.3, -0.25) is 4.99 Å². The van der Waals surface area contributed by atoms with Crippen molar-refractivity contribution >= 4 is 14.1 Å². The maximum atomic E-state index is 4.72. The lowest BCUT2D eigenvalue weighted by atomic mass is 10.2. The van der Waals surface area contributed by atoms with E-state index in [1.54, 1.807) is 0 Å². The first kappa shape index (κ1) is 14.9. The topological polar surface area (TPSA) is 27.6 Å². The smallest absolute Gasteiger partial charge is 0.145 e. The number of amidine groups is 1. The molecule has 100 valence electrons. The van der Waals surface area contributed by atoms with Gasteiger partial charge in [0, 0.05) is 12.1 Å². The van der Waals surface area contributed by atoms with Crippen LogP contribution in [-0.4, -0.2) is 46.2 Å². The van der Waals surface area contributed by atoms with E-state index in [4.69, 9.17) is 4.99 Å². The zero-order chi connectivity index (χ0) is 13.6. The number of hydrogen-bond acceptors (Lipinski definition) is 2. The van der Waals surface area contributed by atoms with Crippen molar-refractivity contribution in [3.8, 4) is 0 Å². The van der Waals surface area contributed by atoms with Crippen LogP contribution in [0.15, 0.2) is 35.3 Å². The minimum absolute atomic E-state index is 0.828. The molecular weight excluding hydrogens is 238 g/mol. The van der Waals surface area contributed by atoms with E-state index in [1.165, 1.54) is 5.56 Å². The van der Waals surface area contributed by atoms with Crippen molar-refractivity contribution in [3.63, 3.8) is 0 Å². The number of rotatable bonds is 5. The number of likely N-dealkylation sites (N-methyl/N-ethyl adjacent to an activating group) is 1. The van der Waals surface area contributed by atoms with Crippen LogP contribution in [-0.2, 0) is 0 Å². The van der Waals surface area contributed by atoms with Crippen molar-refractivity contribution < 1.29 is 0 Å². The van der Waals surface area contributed by atoms with Crippen molar-refractivity contribution in [1.29, 1.82) is 0 Å². The summed E-state index contributed by atoms with van der Waals surface area (Å²) in [5.74, 6) is 1.04. The fourth-order valence-corrected chi connectivity index (χ4v) is 2.45. The average Bonchev–Trinajstić information content (AvgIpc) is 2.27. The minimum atomic E-state index is -1.37. The summed E-state index contributed by atoms with van der Waals surface area (Å²) in [6, 6.07) is 10.4. The van der Waals surface area contributed by atoms with Gasteiger partial charge in [-0.15, -0.1) is 0 Å². The Bertz CT molecular complexity index is 380. The van der Waals surface area contributed by atoms with E-state index in [9.17, 15) is 0 Å². The molecular formula is C14H25N3Si. The van der Waals surface area contributed by atoms with Gasteiger partial charge in [0.15, 0.2) is 0 Å². The normalized spacial score (nSPS) is 12.9. The first-order valence-electron chi connectivity index (χ1n) is 6.41. The second-order valence-corrected chi connectivity index (χ2v) is 10.5. The molecule has 0 atom stereocenters. The third-order valence-corrected chi connectivity index (χ3v) is 3.34. The molecule has 0 aliphatic carbocycles. The van der Waals surface area contributed by atoms with Crippen molar-refractivity contribution in [2.24, 2.45) is 4.99 Å². The molecule has 0 radical (unpaired) electrons. The van der Waals surface area contributed by atoms with Gasteiger partial charge in [-0.1, -0.05) is 50.0 Å². The number of aliphatic imine (C=N–C) groups is 1. The summed E-state index contributed by atoms with van der Waals surface area (Å²) in [7, 11) is 2.77. The van der Waals surface area contributed by atoms with E-state index in [1.807, 2.05) is 6.07 Å². The second-order valence-electron chi connectivity index (χ2n) is 5.77. The first-order valence-corrected chi connectivity index (χ1v) is 9.91. The Morgan fingerprint density at radius 2 is 1.78 bits per heavy atom. The zero-order valence-corrected chi connectivity index (χ0v) is 13.2. The Labute approximate surface area is 112 Å². The summed E-state index contributed by atoms with van der Waals surface area (Å²) < 4.78 is 0. The van der Waals surface area contributed by atoms with Crippen molar-refractivity contribution in [3.05, 3.63) is 35.9 Å². The van der Waals surface area contributed by atoms with Gasteiger partial charge in [0.25, 0.3) is 0 Å². The molecule has 0 aliphatic rings. The van der Waals surface area contributed by atoms with Gasteiger partial charge in [-0.2, -0.15) is 0 Å². The van der Waals surface area contributed by atoms with Crippen molar-refractivity contribution in [2.45, 2.75) is 19.6 Å². The Hall–Kier alpha value is -1.13. The van der Waals surface area contributed by atoms with Crippen LogP contribution in [0.3, 0.4) is 0 Å². The van der Waals surface area contributed by atoms with Gasteiger partial charge in [-0.25, -0.2) is 0 Å². The highest BCUT2D eigenvalue weighted by Gasteiger charge is 2.16. The lowest BCUT2D eigenvalue weighted by Crippen LogP contribution is -2.46. The van der Waals surface area contributed by atoms with E-state index in [2.05, 4.69) is 67.9 Å². The van der Waals surface area contributed by atoms with Crippen LogP contribution in [0.2, 0.25) is 19.6 Å². The number of nitrogens with zero attached hydrogens (tertiary/aromatic N) is 2. The molecule has 1 rings (SSSR count). The van der Waals surface area contributed by atoms with Gasteiger partial charge in [0.2, 0.25) is 0 Å². The predicted octanol–water partition coefficient (Wildman–Crippen LogP) is 2.42. The highest BCUT2D eigenvalue weighted by Crippen LogP contribution is 2.04. The van der Waals surface area contributed by atoms with E-state index in [0.29, 0.717) is 0 Å². The molecule has 18 heavy (non-hydrogen) atoms. The van der Waals surface area contributed by atoms with Crippen LogP contribution in [0.1, 0.15) is 5.56 Å². The van der Waals surface area contributed by atoms with Crippen LogP contribution in [0, 0.1) is 0 Å². The molecule has 1 aromatic rings. The molecule has 1 aromatic carbocycles. The van der Waals surface area contributed by atoms with Crippen LogP contribution in [0.4, 0.5) is 0 Å². The highest BCUT2D eigenvalue weighted by molar-refractivity contribution is 6.76. The average molecular weight is 263 g/mol. The summed E-state index contributed by atoms with van der Waals surface area (Å²) in [6.07, 6.45) is 0. The monoisotopic (exact) mass is 263 g/mol. The quantitative estimate of drug-likeness (QED) is 0.502. The van der Waals surface area contributed by atoms with E-state index in [-0.39, 0.29) is 0 Å². The van der Waals surface area contributed by atoms with Gasteiger partial charge >= 0.3 is 0 Å². The summed E-state index contributed by atoms with van der Waals surface area (Å²) >= 11 is 0. The Balaban J connectivity index is 2.82. The maximum Gasteiger partial charge on any atom is 0.145 e. The fourth-order valence-electron chi connectivity index (χ4n) is 1.52. The van der Waals surface area contributed by atoms with Gasteiger partial charge < -0.3 is 9.88 Å². The molecule has 0 spiro atoms. The zero-order valence-electron chi connectivity index (χ0n) is 12.2. The van der Waals surface area contributed by atoms with Crippen LogP contribution < -0.4 is 4.98 Å². The molecule has 0 saturated carbocycles. The van der Waals surface area contributed by atoms with E-state index in [0.717, 1.165) is 18.9 Å². The van der Waals surface area contributed by atoms with Crippen LogP contribution in [0.5, 0.6) is 0 Å². The molecule has 0 fully saturated rings. The van der Waals surface area contributed by atoms with E-state index >= 15 is 0 Å². The minimum Gasteiger partial charge on any atom is -0.396 e. The summed E-state index contributed by atoms with van der Waals surface area (Å²) in [6.45, 7) is 8.67. The standard InChI is InChI=1S/C14H25N3Si/c1-17(2)12-11-15-14(16-18(3,4)5)13-9-7-6-8-10-13/h6-10H,11-12H2,1-5H3,(H,15,16). The molecule has 0 bridgehead atoms. The Morgan fingerprint density at radius 1 is 1.17 bits per heavy atom. The molecule has 0 aliphatic heterocycles. The molecule has 3 nitrogen and oxygen atoms in total. The van der Waals surface area contributed by atoms with Gasteiger partial charge in [0.05, 0.1) is 6.54 Å². The highest BCUT2D eigenvalue weighted by atomic mass is 28.3. The molecule has 0 amide bonds. The number of nitrogens with one attached hydrogen (secondary N) is 1. The third kappa shape index (κ3) is 5.98. The van der Waals surface area contributed by atoms with Crippen molar-refractivity contribution in [2.75, 3.05) is 27.2 Å². The number of benzene rings is 1. The molecule has 0 saturated heterocycles. The SMILES string of the molecule is CN(C)CCN=C(N[Si](C)(C)C)c1ccccc1. The summed E-state index contributed by atoms with van der Waals surface area (Å²) in [5.41, 5.74) is 1.18. The molecule has 0 heterocycles. The lowest BCUT2D eigenvalue weighted by molar-refractivity contribution is 0.420. The molecule has 0 aromatic heterocycles.